The second kappa shape index (κ2) is 8.98. The third-order valence-electron chi connectivity index (χ3n) is 3.97. The van der Waals surface area contributed by atoms with Crippen LogP contribution in [0.15, 0.2) is 84.9 Å². The smallest absolute Gasteiger partial charge is 0.545 e. The van der Waals surface area contributed by atoms with Crippen molar-refractivity contribution in [2.24, 2.45) is 0 Å². The van der Waals surface area contributed by atoms with Gasteiger partial charge >= 0.3 is 16.8 Å². The van der Waals surface area contributed by atoms with Crippen molar-refractivity contribution >= 4 is 33.5 Å². The first kappa shape index (κ1) is 20.2. The molecule has 4 aromatic rings. The molecule has 0 spiro atoms. The summed E-state index contributed by atoms with van der Waals surface area (Å²) in [6.45, 7) is 0. The zero-order valence-electron chi connectivity index (χ0n) is 14.0. The number of carboxylic acid groups (broad SMARTS) is 2. The van der Waals surface area contributed by atoms with Crippen LogP contribution in [0.1, 0.15) is 20.7 Å². The molecular weight excluding hydrogens is 387 g/mol. The SMILES string of the molecule is O=C([O-])c1ccc2ccccc2c1.O=C([O-])c1ccc2ccccc2c1.[Co+2]. The van der Waals surface area contributed by atoms with Gasteiger partial charge in [-0.15, -0.1) is 0 Å². The van der Waals surface area contributed by atoms with E-state index in [9.17, 15) is 19.8 Å². The Morgan fingerprint density at radius 3 is 1.19 bits per heavy atom. The average molecular weight is 401 g/mol. The Labute approximate surface area is 166 Å². The standard InChI is InChI=1S/2C11H8O2.Co/c2*12-11(13)10-6-5-8-3-1-2-4-9(8)7-10;/h2*1-7H,(H,12,13);/q;;+2/p-2. The molecule has 135 valence electrons. The third-order valence-corrected chi connectivity index (χ3v) is 3.97. The molecule has 0 saturated carbocycles. The minimum atomic E-state index is -1.13. The van der Waals surface area contributed by atoms with Crippen molar-refractivity contribution in [1.29, 1.82) is 0 Å². The van der Waals surface area contributed by atoms with Crippen LogP contribution in [0, 0.1) is 0 Å². The van der Waals surface area contributed by atoms with Crippen LogP contribution in [0.25, 0.3) is 21.5 Å². The van der Waals surface area contributed by atoms with E-state index >= 15 is 0 Å². The van der Waals surface area contributed by atoms with Gasteiger partial charge in [-0.2, -0.15) is 0 Å². The van der Waals surface area contributed by atoms with Gasteiger partial charge in [0.05, 0.1) is 11.9 Å². The molecule has 0 aliphatic rings. The maximum Gasteiger partial charge on any atom is 2.00 e. The van der Waals surface area contributed by atoms with Crippen molar-refractivity contribution in [3.05, 3.63) is 96.1 Å². The number of hydrogen-bond acceptors (Lipinski definition) is 4. The van der Waals surface area contributed by atoms with Crippen LogP contribution < -0.4 is 10.2 Å². The molecule has 0 atom stereocenters. The summed E-state index contributed by atoms with van der Waals surface area (Å²) >= 11 is 0. The van der Waals surface area contributed by atoms with Crippen LogP contribution >= 0.6 is 0 Å². The molecule has 0 unspecified atom stereocenters. The Hall–Kier alpha value is -3.15. The van der Waals surface area contributed by atoms with Crippen LogP contribution in [0.5, 0.6) is 0 Å². The summed E-state index contributed by atoms with van der Waals surface area (Å²) in [6, 6.07) is 25.1. The van der Waals surface area contributed by atoms with Crippen LogP contribution in [0.3, 0.4) is 0 Å². The van der Waals surface area contributed by atoms with Gasteiger partial charge in [-0.05, 0) is 44.8 Å². The van der Waals surface area contributed by atoms with E-state index in [0.29, 0.717) is 0 Å². The summed E-state index contributed by atoms with van der Waals surface area (Å²) in [5, 5.41) is 25.0. The monoisotopic (exact) mass is 401 g/mol. The molecule has 27 heavy (non-hydrogen) atoms. The average Bonchev–Trinajstić information content (AvgIpc) is 2.67. The topological polar surface area (TPSA) is 80.3 Å². The van der Waals surface area contributed by atoms with E-state index in [1.54, 1.807) is 36.4 Å². The van der Waals surface area contributed by atoms with Crippen molar-refractivity contribution in [2.45, 2.75) is 0 Å². The quantitative estimate of drug-likeness (QED) is 0.517. The molecule has 5 heteroatoms. The summed E-state index contributed by atoms with van der Waals surface area (Å²) < 4.78 is 0. The maximum absolute atomic E-state index is 10.5. The predicted octanol–water partition coefficient (Wildman–Crippen LogP) is 2.40. The number of rotatable bonds is 2. The number of carbonyl (C=O) groups excluding carboxylic acids is 2. The summed E-state index contributed by atoms with van der Waals surface area (Å²) in [6.07, 6.45) is 0. The molecule has 0 aliphatic heterocycles. The van der Waals surface area contributed by atoms with E-state index in [2.05, 4.69) is 0 Å². The first-order chi connectivity index (χ1) is 12.5. The molecule has 0 bridgehead atoms. The van der Waals surface area contributed by atoms with Crippen molar-refractivity contribution in [2.75, 3.05) is 0 Å². The van der Waals surface area contributed by atoms with Crippen molar-refractivity contribution in [3.8, 4) is 0 Å². The molecule has 0 aromatic heterocycles. The molecule has 0 N–H and O–H groups in total. The molecular formula is C22H14CoO4. The van der Waals surface area contributed by atoms with Gasteiger partial charge in [0.2, 0.25) is 0 Å². The zero-order chi connectivity index (χ0) is 18.5. The van der Waals surface area contributed by atoms with Crippen molar-refractivity contribution < 1.29 is 36.6 Å². The minimum absolute atomic E-state index is 0. The van der Waals surface area contributed by atoms with Gasteiger partial charge in [0.25, 0.3) is 0 Å². The van der Waals surface area contributed by atoms with Crippen LogP contribution in [0.2, 0.25) is 0 Å². The van der Waals surface area contributed by atoms with E-state index in [4.69, 9.17) is 0 Å². The maximum atomic E-state index is 10.5. The van der Waals surface area contributed by atoms with Crippen LogP contribution in [-0.2, 0) is 16.8 Å². The van der Waals surface area contributed by atoms with Gasteiger partial charge in [-0.3, -0.25) is 0 Å². The third kappa shape index (κ3) is 4.94. The first-order valence-corrected chi connectivity index (χ1v) is 7.95. The van der Waals surface area contributed by atoms with Gasteiger partial charge in [0, 0.05) is 0 Å². The van der Waals surface area contributed by atoms with Gasteiger partial charge < -0.3 is 19.8 Å². The first-order valence-electron chi connectivity index (χ1n) is 7.95. The predicted molar refractivity (Wildman–Crippen MR) is 96.6 cm³/mol. The number of benzene rings is 4. The molecule has 4 rings (SSSR count). The van der Waals surface area contributed by atoms with Gasteiger partial charge in [0.1, 0.15) is 0 Å². The number of carboxylic acids is 2. The van der Waals surface area contributed by atoms with Crippen molar-refractivity contribution in [1.82, 2.24) is 0 Å². The Balaban J connectivity index is 0.000000187. The minimum Gasteiger partial charge on any atom is -0.545 e. The molecule has 0 fully saturated rings. The molecule has 0 amide bonds. The van der Waals surface area contributed by atoms with Crippen LogP contribution in [-0.4, -0.2) is 11.9 Å². The molecule has 4 aromatic carbocycles. The second-order valence-electron chi connectivity index (χ2n) is 5.70. The Morgan fingerprint density at radius 1 is 0.519 bits per heavy atom. The molecule has 1 radical (unpaired) electrons. The summed E-state index contributed by atoms with van der Waals surface area (Å²) in [4.78, 5) is 21.1. The number of hydrogen-bond donors (Lipinski definition) is 0. The number of carbonyl (C=O) groups is 2. The van der Waals surface area contributed by atoms with E-state index < -0.39 is 11.9 Å². The second-order valence-corrected chi connectivity index (χ2v) is 5.70. The van der Waals surface area contributed by atoms with Crippen LogP contribution in [0.4, 0.5) is 0 Å². The summed E-state index contributed by atoms with van der Waals surface area (Å²) in [7, 11) is 0. The van der Waals surface area contributed by atoms with Gasteiger partial charge in [-0.1, -0.05) is 72.8 Å². The van der Waals surface area contributed by atoms with E-state index in [1.165, 1.54) is 0 Å². The number of fused-ring (bicyclic) bond motifs is 2. The normalized spacial score (nSPS) is 9.78. The molecule has 0 aliphatic carbocycles. The Morgan fingerprint density at radius 2 is 0.852 bits per heavy atom. The van der Waals surface area contributed by atoms with Gasteiger partial charge in [-0.25, -0.2) is 0 Å². The molecule has 0 heterocycles. The molecule has 0 saturated heterocycles. The number of aromatic carboxylic acids is 2. The largest absolute Gasteiger partial charge is 2.00 e. The van der Waals surface area contributed by atoms with E-state index in [1.807, 2.05) is 48.5 Å². The summed E-state index contributed by atoms with van der Waals surface area (Å²) in [5.74, 6) is -2.27. The fourth-order valence-corrected chi connectivity index (χ4v) is 2.63. The zero-order valence-corrected chi connectivity index (χ0v) is 15.1. The summed E-state index contributed by atoms with van der Waals surface area (Å²) in [5.41, 5.74) is 0.442. The Bertz CT molecular complexity index is 1020. The van der Waals surface area contributed by atoms with E-state index in [0.717, 1.165) is 21.5 Å². The fourth-order valence-electron chi connectivity index (χ4n) is 2.63. The van der Waals surface area contributed by atoms with Crippen molar-refractivity contribution in [3.63, 3.8) is 0 Å². The fraction of sp³-hybridized carbons (Fsp3) is 0. The molecule has 4 nitrogen and oxygen atoms in total. The Kier molecular flexibility index (Phi) is 6.71. The van der Waals surface area contributed by atoms with Gasteiger partial charge in [0.15, 0.2) is 0 Å². The van der Waals surface area contributed by atoms with E-state index in [-0.39, 0.29) is 27.9 Å².